The molecule has 0 fully saturated rings. The van der Waals surface area contributed by atoms with Crippen molar-refractivity contribution in [2.45, 2.75) is 27.3 Å². The van der Waals surface area contributed by atoms with Crippen molar-refractivity contribution in [2.24, 2.45) is 0 Å². The van der Waals surface area contributed by atoms with Gasteiger partial charge in [0.1, 0.15) is 0 Å². The molecule has 130 valence electrons. The van der Waals surface area contributed by atoms with Gasteiger partial charge in [0, 0.05) is 72.0 Å². The maximum Gasteiger partial charge on any atom is 0.150 e. The number of halogens is 1. The van der Waals surface area contributed by atoms with Crippen LogP contribution in [0.5, 0.6) is 0 Å². The molecule has 5 nitrogen and oxygen atoms in total. The van der Waals surface area contributed by atoms with Gasteiger partial charge >= 0.3 is 0 Å². The number of hydrogen-bond donors (Lipinski definition) is 0. The quantitative estimate of drug-likeness (QED) is 0.524. The molecular formula is C17H24IN5S. The summed E-state index contributed by atoms with van der Waals surface area (Å²) in [7, 11) is 5.78. The summed E-state index contributed by atoms with van der Waals surface area (Å²) < 4.78 is 4.08. The van der Waals surface area contributed by atoms with Crippen molar-refractivity contribution in [3.8, 4) is 11.1 Å². The number of pyridine rings is 1. The van der Waals surface area contributed by atoms with Gasteiger partial charge in [0.2, 0.25) is 0 Å². The van der Waals surface area contributed by atoms with Gasteiger partial charge in [0.05, 0.1) is 12.7 Å². The van der Waals surface area contributed by atoms with E-state index in [2.05, 4.69) is 79.6 Å². The molecule has 0 unspecified atom stereocenters. The van der Waals surface area contributed by atoms with Crippen LogP contribution < -0.4 is 0 Å². The monoisotopic (exact) mass is 457 g/mol. The van der Waals surface area contributed by atoms with E-state index < -0.39 is 0 Å². The van der Waals surface area contributed by atoms with Crippen LogP contribution in [0.3, 0.4) is 0 Å². The Morgan fingerprint density at radius 1 is 1.17 bits per heavy atom. The van der Waals surface area contributed by atoms with Crippen molar-refractivity contribution < 1.29 is 0 Å². The molecule has 3 heterocycles. The maximum atomic E-state index is 4.62. The number of aryl methyl sites for hydroxylation is 1. The van der Waals surface area contributed by atoms with Gasteiger partial charge in [-0.15, -0.1) is 0 Å². The Balaban J connectivity index is 0.00000100. The first-order valence-corrected chi connectivity index (χ1v) is 11.3. The van der Waals surface area contributed by atoms with Crippen LogP contribution in [-0.4, -0.2) is 44.3 Å². The van der Waals surface area contributed by atoms with Gasteiger partial charge in [-0.1, -0.05) is 13.8 Å². The van der Waals surface area contributed by atoms with E-state index in [1.54, 1.807) is 9.12 Å². The zero-order chi connectivity index (χ0) is 17.7. The summed E-state index contributed by atoms with van der Waals surface area (Å²) >= 11 is 2.27. The first-order chi connectivity index (χ1) is 11.6. The van der Waals surface area contributed by atoms with Crippen molar-refractivity contribution in [1.29, 1.82) is 0 Å². The summed E-state index contributed by atoms with van der Waals surface area (Å²) in [5, 5.41) is 5.64. The molecular weight excluding hydrogens is 433 g/mol. The van der Waals surface area contributed by atoms with E-state index in [9.17, 15) is 0 Å². The summed E-state index contributed by atoms with van der Waals surface area (Å²) in [5.41, 5.74) is 4.49. The Morgan fingerprint density at radius 3 is 2.58 bits per heavy atom. The van der Waals surface area contributed by atoms with E-state index in [1.165, 1.54) is 10.9 Å². The van der Waals surface area contributed by atoms with E-state index in [4.69, 9.17) is 0 Å². The largest absolute Gasteiger partial charge is 0.308 e. The minimum Gasteiger partial charge on any atom is -0.308 e. The molecule has 0 N–H and O–H groups in total. The van der Waals surface area contributed by atoms with Crippen molar-refractivity contribution >= 4 is 41.4 Å². The Bertz CT molecular complexity index is 793. The average molecular weight is 457 g/mol. The van der Waals surface area contributed by atoms with Crippen LogP contribution in [0.4, 0.5) is 0 Å². The molecule has 0 atom stereocenters. The van der Waals surface area contributed by atoms with E-state index in [0.717, 1.165) is 29.9 Å². The normalized spacial score (nSPS) is 11.0. The topological polar surface area (TPSA) is 38.9 Å². The lowest BCUT2D eigenvalue weighted by Crippen LogP contribution is -2.18. The summed E-state index contributed by atoms with van der Waals surface area (Å²) in [6.45, 7) is 7.99. The highest BCUT2D eigenvalue weighted by Crippen LogP contribution is 2.29. The van der Waals surface area contributed by atoms with Crippen molar-refractivity contribution in [3.63, 3.8) is 0 Å². The third-order valence-corrected chi connectivity index (χ3v) is 5.33. The average Bonchev–Trinajstić information content (AvgIpc) is 3.19. The van der Waals surface area contributed by atoms with Crippen molar-refractivity contribution in [2.75, 3.05) is 20.6 Å². The molecule has 0 aliphatic heterocycles. The molecule has 3 aromatic rings. The summed E-state index contributed by atoms with van der Waals surface area (Å²) in [6, 6.07) is 2.20. The molecule has 0 amide bonds. The van der Waals surface area contributed by atoms with Gasteiger partial charge in [-0.3, -0.25) is 8.65 Å². The lowest BCUT2D eigenvalue weighted by atomic mass is 10.1. The van der Waals surface area contributed by atoms with Gasteiger partial charge < -0.3 is 4.90 Å². The Morgan fingerprint density at radius 2 is 1.92 bits per heavy atom. The highest BCUT2D eigenvalue weighted by molar-refractivity contribution is 14.2. The summed E-state index contributed by atoms with van der Waals surface area (Å²) in [4.78, 5) is 6.78. The van der Waals surface area contributed by atoms with Gasteiger partial charge in [-0.05, 0) is 32.6 Å². The molecule has 0 saturated heterocycles. The number of aromatic nitrogens is 4. The minimum atomic E-state index is 0.892. The Hall–Kier alpha value is -1.06. The highest BCUT2D eigenvalue weighted by Gasteiger charge is 2.10. The molecule has 0 bridgehead atoms. The van der Waals surface area contributed by atoms with Crippen LogP contribution in [0.25, 0.3) is 22.2 Å². The fourth-order valence-corrected chi connectivity index (χ4v) is 3.69. The molecule has 0 aliphatic rings. The van der Waals surface area contributed by atoms with E-state index >= 15 is 0 Å². The first-order valence-electron chi connectivity index (χ1n) is 8.03. The second-order valence-electron chi connectivity index (χ2n) is 5.60. The molecule has 3 rings (SSSR count). The smallest absolute Gasteiger partial charge is 0.150 e. The number of likely N-dealkylation sites (N-methyl/N-ethyl adjacent to an activating group) is 1. The molecule has 0 aromatic carbocycles. The van der Waals surface area contributed by atoms with Crippen molar-refractivity contribution in [1.82, 2.24) is 23.6 Å². The van der Waals surface area contributed by atoms with Crippen LogP contribution in [0, 0.1) is 6.92 Å². The zero-order valence-corrected chi connectivity index (χ0v) is 17.8. The highest BCUT2D eigenvalue weighted by atomic mass is 127. The van der Waals surface area contributed by atoms with Crippen LogP contribution in [-0.2, 0) is 6.54 Å². The van der Waals surface area contributed by atoms with E-state index in [1.807, 2.05) is 30.9 Å². The molecule has 24 heavy (non-hydrogen) atoms. The van der Waals surface area contributed by atoms with Crippen LogP contribution >= 0.6 is 30.3 Å². The van der Waals surface area contributed by atoms with Gasteiger partial charge in [0.15, 0.2) is 5.65 Å². The number of hydrogen-bond acceptors (Lipinski definition) is 4. The minimum absolute atomic E-state index is 0.892. The third kappa shape index (κ3) is 4.31. The fourth-order valence-electron chi connectivity index (χ4n) is 2.38. The summed E-state index contributed by atoms with van der Waals surface area (Å²) in [5.74, 6) is 0. The standard InChI is InChI=1S/C15H18IN5S.C2H6/c1-11-9-21(22-16)15-14(11)6-12(7-17-15)13-8-18-20(10-13)5-4-19(2)3;1-2/h6-10H,4-5H2,1-3H3;1-2H3. The van der Waals surface area contributed by atoms with Gasteiger partial charge in [0.25, 0.3) is 0 Å². The molecule has 0 spiro atoms. The van der Waals surface area contributed by atoms with Crippen molar-refractivity contribution in [3.05, 3.63) is 36.4 Å². The van der Waals surface area contributed by atoms with Gasteiger partial charge in [-0.2, -0.15) is 5.10 Å². The maximum absolute atomic E-state index is 4.62. The van der Waals surface area contributed by atoms with Crippen LogP contribution in [0.15, 0.2) is 30.9 Å². The Labute approximate surface area is 160 Å². The lowest BCUT2D eigenvalue weighted by Gasteiger charge is -2.08. The lowest BCUT2D eigenvalue weighted by molar-refractivity contribution is 0.373. The second-order valence-corrected chi connectivity index (χ2v) is 7.31. The van der Waals surface area contributed by atoms with Crippen LogP contribution in [0.1, 0.15) is 19.4 Å². The van der Waals surface area contributed by atoms with Crippen LogP contribution in [0.2, 0.25) is 0 Å². The van der Waals surface area contributed by atoms with E-state index in [-0.39, 0.29) is 0 Å². The summed E-state index contributed by atoms with van der Waals surface area (Å²) in [6.07, 6.45) is 8.06. The number of fused-ring (bicyclic) bond motifs is 1. The first kappa shape index (κ1) is 19.3. The fraction of sp³-hybridized carbons (Fsp3) is 0.412. The molecule has 0 saturated carbocycles. The predicted octanol–water partition coefficient (Wildman–Crippen LogP) is 4.64. The second kappa shape index (κ2) is 8.87. The number of nitrogens with zero attached hydrogens (tertiary/aromatic N) is 5. The predicted molar refractivity (Wildman–Crippen MR) is 113 cm³/mol. The van der Waals surface area contributed by atoms with Gasteiger partial charge in [-0.25, -0.2) is 4.98 Å². The zero-order valence-electron chi connectivity index (χ0n) is 14.8. The molecule has 3 aromatic heterocycles. The third-order valence-electron chi connectivity index (χ3n) is 3.63. The Kier molecular flexibility index (Phi) is 7.12. The van der Waals surface area contributed by atoms with E-state index in [0.29, 0.717) is 0 Å². The number of rotatable bonds is 5. The molecule has 0 aliphatic carbocycles. The molecule has 7 heteroatoms. The molecule has 0 radical (unpaired) electrons. The SMILES string of the molecule is CC.Cc1cn(SI)c2ncc(-c3cnn(CCN(C)C)c3)cc12.